The molecule has 0 saturated heterocycles. The van der Waals surface area contributed by atoms with E-state index in [0.717, 1.165) is 11.4 Å². The summed E-state index contributed by atoms with van der Waals surface area (Å²) in [5, 5.41) is 0. The van der Waals surface area contributed by atoms with Gasteiger partial charge in [0.25, 0.3) is 0 Å². The van der Waals surface area contributed by atoms with Crippen molar-refractivity contribution in [2.45, 2.75) is 19.9 Å². The Morgan fingerprint density at radius 3 is 1.65 bits per heavy atom. The molecule has 0 unspecified atom stereocenters. The van der Waals surface area contributed by atoms with Crippen molar-refractivity contribution < 1.29 is 4.79 Å². The minimum absolute atomic E-state index is 0.0119. The predicted molar refractivity (Wildman–Crippen MR) is 85.2 cm³/mol. The maximum absolute atomic E-state index is 12.7. The summed E-state index contributed by atoms with van der Waals surface area (Å²) in [7, 11) is 0. The number of benzene rings is 2. The second-order valence-electron chi connectivity index (χ2n) is 5.01. The van der Waals surface area contributed by atoms with Crippen molar-refractivity contribution in [1.82, 2.24) is 4.48 Å². The van der Waals surface area contributed by atoms with E-state index in [4.69, 9.17) is 11.6 Å². The number of para-hydroxylation sites is 2. The molecular weight excluding hydrogens is 270 g/mol. The average molecular weight is 289 g/mol. The molecule has 0 heterocycles. The highest BCUT2D eigenvalue weighted by atomic mass is 35.5. The summed E-state index contributed by atoms with van der Waals surface area (Å²) < 4.78 is 0.144. The van der Waals surface area contributed by atoms with Crippen molar-refractivity contribution in [2.75, 3.05) is 5.88 Å². The Bertz CT molecular complexity index is 527. The summed E-state index contributed by atoms with van der Waals surface area (Å²) in [5.41, 5.74) is 1.89. The number of hydrogen-bond acceptors (Lipinski definition) is 1. The van der Waals surface area contributed by atoms with Crippen LogP contribution in [0.5, 0.6) is 0 Å². The zero-order valence-electron chi connectivity index (χ0n) is 11.8. The first kappa shape index (κ1) is 14.8. The van der Waals surface area contributed by atoms with Crippen LogP contribution in [0.1, 0.15) is 13.8 Å². The van der Waals surface area contributed by atoms with Crippen LogP contribution in [-0.4, -0.2) is 17.8 Å². The van der Waals surface area contributed by atoms with Gasteiger partial charge in [-0.15, -0.1) is 11.6 Å². The molecule has 0 aliphatic heterocycles. The van der Waals surface area contributed by atoms with E-state index in [0.29, 0.717) is 0 Å². The number of quaternary nitrogens is 1. The van der Waals surface area contributed by atoms with Crippen LogP contribution in [0.25, 0.3) is 0 Å². The molecule has 2 nitrogen and oxygen atoms in total. The number of hydrogen-bond donors (Lipinski definition) is 0. The standard InChI is InChI=1S/C17H19ClNO/c1-14(2)19(17(20)13-18,15-9-5-3-6-10-15)16-11-7-4-8-12-16/h3-12,14H,13H2,1-2H3/q+1. The Kier molecular flexibility index (Phi) is 4.58. The van der Waals surface area contributed by atoms with Crippen LogP contribution in [0, 0.1) is 0 Å². The van der Waals surface area contributed by atoms with Crippen molar-refractivity contribution in [3.05, 3.63) is 60.7 Å². The van der Waals surface area contributed by atoms with Gasteiger partial charge in [0.1, 0.15) is 23.3 Å². The smallest absolute Gasteiger partial charge is 0.229 e. The maximum atomic E-state index is 12.7. The van der Waals surface area contributed by atoms with Crippen LogP contribution < -0.4 is 4.48 Å². The van der Waals surface area contributed by atoms with Crippen molar-refractivity contribution in [3.8, 4) is 0 Å². The zero-order valence-corrected chi connectivity index (χ0v) is 12.5. The molecular formula is C17H19ClNO+. The lowest BCUT2D eigenvalue weighted by Crippen LogP contribution is -2.55. The van der Waals surface area contributed by atoms with Crippen LogP contribution >= 0.6 is 11.6 Å². The van der Waals surface area contributed by atoms with Gasteiger partial charge in [0, 0.05) is 24.3 Å². The van der Waals surface area contributed by atoms with Crippen LogP contribution in [-0.2, 0) is 4.79 Å². The topological polar surface area (TPSA) is 17.1 Å². The molecule has 20 heavy (non-hydrogen) atoms. The van der Waals surface area contributed by atoms with E-state index in [1.807, 2.05) is 74.5 Å². The Labute approximate surface area is 125 Å². The highest BCUT2D eigenvalue weighted by Gasteiger charge is 2.43. The molecule has 2 rings (SSSR count). The summed E-state index contributed by atoms with van der Waals surface area (Å²) in [6.45, 7) is 4.09. The van der Waals surface area contributed by atoms with Gasteiger partial charge in [-0.1, -0.05) is 36.4 Å². The third-order valence-electron chi connectivity index (χ3n) is 3.61. The van der Waals surface area contributed by atoms with Gasteiger partial charge in [0.05, 0.1) is 0 Å². The van der Waals surface area contributed by atoms with Crippen LogP contribution in [0.15, 0.2) is 60.7 Å². The van der Waals surface area contributed by atoms with Crippen LogP contribution in [0.3, 0.4) is 0 Å². The van der Waals surface area contributed by atoms with E-state index in [-0.39, 0.29) is 22.3 Å². The second-order valence-corrected chi connectivity index (χ2v) is 5.28. The lowest BCUT2D eigenvalue weighted by atomic mass is 10.1. The van der Waals surface area contributed by atoms with Crippen molar-refractivity contribution in [3.63, 3.8) is 0 Å². The fourth-order valence-corrected chi connectivity index (χ4v) is 2.93. The van der Waals surface area contributed by atoms with Gasteiger partial charge in [-0.3, -0.25) is 0 Å². The van der Waals surface area contributed by atoms with E-state index in [2.05, 4.69) is 0 Å². The van der Waals surface area contributed by atoms with E-state index >= 15 is 0 Å². The molecule has 0 aliphatic carbocycles. The van der Waals surface area contributed by atoms with Crippen LogP contribution in [0.4, 0.5) is 11.4 Å². The van der Waals surface area contributed by atoms with Gasteiger partial charge in [0.15, 0.2) is 0 Å². The lowest BCUT2D eigenvalue weighted by molar-refractivity contribution is -0.126. The first-order valence-corrected chi connectivity index (χ1v) is 7.26. The molecule has 0 aromatic heterocycles. The van der Waals surface area contributed by atoms with Gasteiger partial charge in [-0.25, -0.2) is 4.79 Å². The minimum Gasteiger partial charge on any atom is -0.229 e. The largest absolute Gasteiger partial charge is 0.338 e. The molecule has 0 fully saturated rings. The van der Waals surface area contributed by atoms with Gasteiger partial charge >= 0.3 is 5.91 Å². The maximum Gasteiger partial charge on any atom is 0.338 e. The monoisotopic (exact) mass is 288 g/mol. The zero-order chi connectivity index (χ0) is 14.6. The molecule has 0 saturated carbocycles. The second kappa shape index (κ2) is 6.21. The third-order valence-corrected chi connectivity index (χ3v) is 3.84. The number of nitrogens with zero attached hydrogens (tertiary/aromatic N) is 1. The fraction of sp³-hybridized carbons (Fsp3) is 0.235. The van der Waals surface area contributed by atoms with Gasteiger partial charge in [0.2, 0.25) is 0 Å². The van der Waals surface area contributed by atoms with Gasteiger partial charge < -0.3 is 0 Å². The molecule has 2 aromatic carbocycles. The molecule has 0 radical (unpaired) electrons. The molecule has 104 valence electrons. The average Bonchev–Trinajstić information content (AvgIpc) is 2.49. The molecule has 0 bridgehead atoms. The summed E-state index contributed by atoms with van der Waals surface area (Å²) in [5.74, 6) is -0.0267. The Hall–Kier alpha value is -1.64. The highest BCUT2D eigenvalue weighted by Crippen LogP contribution is 2.37. The van der Waals surface area contributed by atoms with Crippen molar-refractivity contribution in [2.24, 2.45) is 0 Å². The number of rotatable bonds is 4. The van der Waals surface area contributed by atoms with Crippen molar-refractivity contribution in [1.29, 1.82) is 0 Å². The quantitative estimate of drug-likeness (QED) is 0.598. The number of halogens is 1. The van der Waals surface area contributed by atoms with Crippen molar-refractivity contribution >= 4 is 28.9 Å². The summed E-state index contributed by atoms with van der Waals surface area (Å²) in [6, 6.07) is 19.7. The Balaban J connectivity index is 2.73. The number of alkyl halides is 1. The first-order chi connectivity index (χ1) is 9.64. The predicted octanol–water partition coefficient (Wildman–Crippen LogP) is 4.50. The Morgan fingerprint density at radius 2 is 1.35 bits per heavy atom. The highest BCUT2D eigenvalue weighted by molar-refractivity contribution is 6.29. The SMILES string of the molecule is CC(C)[N+](C(=O)CCl)(c1ccccc1)c1ccccc1. The number of amides is 1. The first-order valence-electron chi connectivity index (χ1n) is 6.73. The fourth-order valence-electron chi connectivity index (χ4n) is 2.74. The van der Waals surface area contributed by atoms with Gasteiger partial charge in [-0.2, -0.15) is 4.48 Å². The molecule has 0 atom stereocenters. The third kappa shape index (κ3) is 2.37. The van der Waals surface area contributed by atoms with E-state index in [1.54, 1.807) is 0 Å². The number of carbonyl (C=O) groups is 1. The summed E-state index contributed by atoms with van der Waals surface area (Å²) >= 11 is 5.91. The van der Waals surface area contributed by atoms with Gasteiger partial charge in [-0.05, 0) is 13.8 Å². The molecule has 1 amide bonds. The molecule has 2 aromatic rings. The summed E-state index contributed by atoms with van der Waals surface area (Å²) in [4.78, 5) is 12.7. The van der Waals surface area contributed by atoms with E-state index < -0.39 is 0 Å². The molecule has 0 spiro atoms. The van der Waals surface area contributed by atoms with Crippen LogP contribution in [0.2, 0.25) is 0 Å². The summed E-state index contributed by atoms with van der Waals surface area (Å²) in [6.07, 6.45) is 0. The Morgan fingerprint density at radius 1 is 0.950 bits per heavy atom. The number of carbonyl (C=O) groups excluding carboxylic acids is 1. The molecule has 3 heteroatoms. The van der Waals surface area contributed by atoms with E-state index in [1.165, 1.54) is 0 Å². The molecule has 0 aliphatic rings. The molecule has 0 N–H and O–H groups in total. The minimum atomic E-state index is -0.0148. The lowest BCUT2D eigenvalue weighted by Gasteiger charge is -2.38. The normalized spacial score (nSPS) is 11.6. The van der Waals surface area contributed by atoms with E-state index in [9.17, 15) is 4.79 Å².